The van der Waals surface area contributed by atoms with Gasteiger partial charge >= 0.3 is 5.97 Å². The van der Waals surface area contributed by atoms with Gasteiger partial charge in [0, 0.05) is 11.1 Å². The lowest BCUT2D eigenvalue weighted by Gasteiger charge is -2.03. The predicted molar refractivity (Wildman–Crippen MR) is 88.2 cm³/mol. The average Bonchev–Trinajstić information content (AvgIpc) is 2.91. The van der Waals surface area contributed by atoms with Crippen molar-refractivity contribution in [2.24, 2.45) is 4.99 Å². The second kappa shape index (κ2) is 7.96. The first-order chi connectivity index (χ1) is 10.2. The third kappa shape index (κ3) is 4.99. The van der Waals surface area contributed by atoms with E-state index in [0.29, 0.717) is 12.2 Å². The molecule has 1 aromatic carbocycles. The molecule has 2 aromatic rings. The van der Waals surface area contributed by atoms with Gasteiger partial charge in [-0.1, -0.05) is 24.9 Å². The Balaban J connectivity index is 1.95. The number of unbranched alkanes of at least 4 members (excludes halogenated alkanes) is 1. The molecular weight excluding hydrogens is 306 g/mol. The van der Waals surface area contributed by atoms with Gasteiger partial charge in [0.15, 0.2) is 0 Å². The molecule has 2 rings (SSSR count). The maximum absolute atomic E-state index is 11.7. The Bertz CT molecular complexity index is 619. The first kappa shape index (κ1) is 15.7. The molecule has 1 aromatic heterocycles. The van der Waals surface area contributed by atoms with E-state index in [-0.39, 0.29) is 5.97 Å². The largest absolute Gasteiger partial charge is 0.462 e. The summed E-state index contributed by atoms with van der Waals surface area (Å²) in [5.41, 5.74) is 1.33. The Morgan fingerprint density at radius 2 is 2.05 bits per heavy atom. The highest BCUT2D eigenvalue weighted by atomic mass is 35.5. The number of ether oxygens (including phenoxy) is 1. The molecular formula is C16H16ClNO2S. The predicted octanol–water partition coefficient (Wildman–Crippen LogP) is 5.11. The molecule has 0 aliphatic rings. The summed E-state index contributed by atoms with van der Waals surface area (Å²) in [7, 11) is 0. The SMILES string of the molecule is CCCCOC(=O)c1ccc(N=Cc2ccc(Cl)s2)cc1. The Labute approximate surface area is 133 Å². The number of aliphatic imine (C=N–C) groups is 1. The third-order valence-corrected chi connectivity index (χ3v) is 3.93. The number of carbonyl (C=O) groups is 1. The zero-order chi connectivity index (χ0) is 15.1. The van der Waals surface area contributed by atoms with Gasteiger partial charge in [0.05, 0.1) is 22.2 Å². The fourth-order valence-electron chi connectivity index (χ4n) is 1.61. The van der Waals surface area contributed by atoms with Crippen LogP contribution in [-0.2, 0) is 4.74 Å². The van der Waals surface area contributed by atoms with Crippen molar-refractivity contribution in [3.05, 3.63) is 51.2 Å². The number of nitrogens with zero attached hydrogens (tertiary/aromatic N) is 1. The Morgan fingerprint density at radius 1 is 1.29 bits per heavy atom. The maximum Gasteiger partial charge on any atom is 0.338 e. The van der Waals surface area contributed by atoms with E-state index in [0.717, 1.165) is 27.7 Å². The van der Waals surface area contributed by atoms with Crippen molar-refractivity contribution in [1.82, 2.24) is 0 Å². The summed E-state index contributed by atoms with van der Waals surface area (Å²) in [6.07, 6.45) is 3.65. The van der Waals surface area contributed by atoms with Gasteiger partial charge in [-0.3, -0.25) is 4.99 Å². The molecule has 5 heteroatoms. The van der Waals surface area contributed by atoms with E-state index in [2.05, 4.69) is 11.9 Å². The lowest BCUT2D eigenvalue weighted by molar-refractivity contribution is 0.0500. The van der Waals surface area contributed by atoms with E-state index < -0.39 is 0 Å². The van der Waals surface area contributed by atoms with Crippen molar-refractivity contribution in [1.29, 1.82) is 0 Å². The molecule has 0 aliphatic carbocycles. The summed E-state index contributed by atoms with van der Waals surface area (Å²) in [6, 6.07) is 10.8. The zero-order valence-corrected chi connectivity index (χ0v) is 13.3. The molecule has 0 fully saturated rings. The Hall–Kier alpha value is -1.65. The summed E-state index contributed by atoms with van der Waals surface area (Å²) in [4.78, 5) is 17.1. The number of hydrogen-bond acceptors (Lipinski definition) is 4. The second-order valence-electron chi connectivity index (χ2n) is 4.44. The summed E-state index contributed by atoms with van der Waals surface area (Å²) >= 11 is 7.32. The average molecular weight is 322 g/mol. The molecule has 21 heavy (non-hydrogen) atoms. The molecule has 0 radical (unpaired) electrons. The van der Waals surface area contributed by atoms with Gasteiger partial charge in [-0.15, -0.1) is 11.3 Å². The fourth-order valence-corrected chi connectivity index (χ4v) is 2.54. The lowest BCUT2D eigenvalue weighted by atomic mass is 10.2. The van der Waals surface area contributed by atoms with Crippen molar-refractivity contribution in [2.45, 2.75) is 19.8 Å². The normalized spacial score (nSPS) is 11.0. The van der Waals surface area contributed by atoms with E-state index in [9.17, 15) is 4.79 Å². The number of benzene rings is 1. The molecule has 0 aliphatic heterocycles. The van der Waals surface area contributed by atoms with Crippen LogP contribution in [0.4, 0.5) is 5.69 Å². The van der Waals surface area contributed by atoms with Crippen LogP contribution in [0.1, 0.15) is 35.0 Å². The van der Waals surface area contributed by atoms with Crippen molar-refractivity contribution < 1.29 is 9.53 Å². The van der Waals surface area contributed by atoms with E-state index in [4.69, 9.17) is 16.3 Å². The monoisotopic (exact) mass is 321 g/mol. The topological polar surface area (TPSA) is 38.7 Å². The first-order valence-electron chi connectivity index (χ1n) is 6.75. The minimum absolute atomic E-state index is 0.288. The first-order valence-corrected chi connectivity index (χ1v) is 7.95. The van der Waals surface area contributed by atoms with Gasteiger partial charge in [-0.25, -0.2) is 4.79 Å². The van der Waals surface area contributed by atoms with E-state index >= 15 is 0 Å². The fraction of sp³-hybridized carbons (Fsp3) is 0.250. The molecule has 1 heterocycles. The van der Waals surface area contributed by atoms with Crippen LogP contribution in [0.5, 0.6) is 0 Å². The van der Waals surface area contributed by atoms with E-state index in [1.165, 1.54) is 11.3 Å². The molecule has 0 N–H and O–H groups in total. The molecule has 0 amide bonds. The van der Waals surface area contributed by atoms with Crippen LogP contribution in [0, 0.1) is 0 Å². The number of esters is 1. The van der Waals surface area contributed by atoms with Crippen LogP contribution >= 0.6 is 22.9 Å². The van der Waals surface area contributed by atoms with Crippen LogP contribution < -0.4 is 0 Å². The van der Waals surface area contributed by atoms with Crippen molar-refractivity contribution >= 4 is 40.8 Å². The van der Waals surface area contributed by atoms with Crippen molar-refractivity contribution in [3.63, 3.8) is 0 Å². The molecule has 0 atom stereocenters. The number of halogens is 1. The van der Waals surface area contributed by atoms with Gasteiger partial charge in [0.25, 0.3) is 0 Å². The second-order valence-corrected chi connectivity index (χ2v) is 6.18. The minimum Gasteiger partial charge on any atom is -0.462 e. The van der Waals surface area contributed by atoms with Gasteiger partial charge in [-0.05, 0) is 42.8 Å². The standard InChI is InChI=1S/C16H16ClNO2S/c1-2-3-10-20-16(19)12-4-6-13(7-5-12)18-11-14-8-9-15(17)21-14/h4-9,11H,2-3,10H2,1H3. The van der Waals surface area contributed by atoms with Gasteiger partial charge in [0.1, 0.15) is 0 Å². The smallest absolute Gasteiger partial charge is 0.338 e. The molecule has 3 nitrogen and oxygen atoms in total. The van der Waals surface area contributed by atoms with E-state index in [1.54, 1.807) is 30.5 Å². The molecule has 110 valence electrons. The molecule has 0 saturated heterocycles. The van der Waals surface area contributed by atoms with Gasteiger partial charge in [0.2, 0.25) is 0 Å². The minimum atomic E-state index is -0.288. The van der Waals surface area contributed by atoms with Crippen LogP contribution in [0.25, 0.3) is 0 Å². The maximum atomic E-state index is 11.7. The van der Waals surface area contributed by atoms with Gasteiger partial charge < -0.3 is 4.74 Å². The van der Waals surface area contributed by atoms with Crippen LogP contribution in [-0.4, -0.2) is 18.8 Å². The molecule has 0 spiro atoms. The summed E-state index contributed by atoms with van der Waals surface area (Å²) in [5, 5.41) is 0. The molecule has 0 saturated carbocycles. The number of rotatable bonds is 6. The van der Waals surface area contributed by atoms with Crippen LogP contribution in [0.3, 0.4) is 0 Å². The van der Waals surface area contributed by atoms with Gasteiger partial charge in [-0.2, -0.15) is 0 Å². The van der Waals surface area contributed by atoms with Crippen molar-refractivity contribution in [3.8, 4) is 0 Å². The Morgan fingerprint density at radius 3 is 2.67 bits per heavy atom. The third-order valence-electron chi connectivity index (χ3n) is 2.77. The lowest BCUT2D eigenvalue weighted by Crippen LogP contribution is -2.05. The highest BCUT2D eigenvalue weighted by molar-refractivity contribution is 7.17. The molecule has 0 unspecified atom stereocenters. The summed E-state index contributed by atoms with van der Waals surface area (Å²) in [6.45, 7) is 2.52. The summed E-state index contributed by atoms with van der Waals surface area (Å²) in [5.74, 6) is -0.288. The number of carbonyl (C=O) groups excluding carboxylic acids is 1. The Kier molecular flexibility index (Phi) is 5.96. The molecule has 0 bridgehead atoms. The quantitative estimate of drug-likeness (QED) is 0.421. The van der Waals surface area contributed by atoms with Crippen LogP contribution in [0.2, 0.25) is 4.34 Å². The summed E-state index contributed by atoms with van der Waals surface area (Å²) < 4.78 is 5.89. The highest BCUT2D eigenvalue weighted by Gasteiger charge is 2.06. The number of hydrogen-bond donors (Lipinski definition) is 0. The van der Waals surface area contributed by atoms with Crippen LogP contribution in [0.15, 0.2) is 41.4 Å². The highest BCUT2D eigenvalue weighted by Crippen LogP contribution is 2.21. The van der Waals surface area contributed by atoms with E-state index in [1.807, 2.05) is 12.1 Å². The zero-order valence-electron chi connectivity index (χ0n) is 11.7. The number of thiophene rings is 1. The van der Waals surface area contributed by atoms with Crippen molar-refractivity contribution in [2.75, 3.05) is 6.61 Å².